The number of ether oxygens (including phenoxy) is 1. The fourth-order valence-electron chi connectivity index (χ4n) is 3.60. The number of piperidine rings is 1. The number of fused-ring (bicyclic) bond motifs is 1. The lowest BCUT2D eigenvalue weighted by Crippen LogP contribution is -2.59. The predicted octanol–water partition coefficient (Wildman–Crippen LogP) is 3.00. The number of hydrogen-bond donors (Lipinski definition) is 4. The third kappa shape index (κ3) is 7.96. The van der Waals surface area contributed by atoms with Crippen molar-refractivity contribution in [3.63, 3.8) is 0 Å². The van der Waals surface area contributed by atoms with Gasteiger partial charge in [-0.15, -0.1) is 0 Å². The summed E-state index contributed by atoms with van der Waals surface area (Å²) in [6.45, 7) is -0.907. The molecule has 2 heterocycles. The number of nitrogens with one attached hydrogen (secondary N) is 3. The van der Waals surface area contributed by atoms with E-state index < -0.39 is 48.9 Å². The molecule has 11 nitrogen and oxygen atoms in total. The zero-order chi connectivity index (χ0) is 27.2. The summed E-state index contributed by atoms with van der Waals surface area (Å²) in [6, 6.07) is 4.83. The molecule has 2 aromatic rings. The summed E-state index contributed by atoms with van der Waals surface area (Å²) in [5.74, 6) is -1.36. The fraction of sp³-hybridized carbons (Fsp3) is 0.318. The van der Waals surface area contributed by atoms with Crippen LogP contribution >= 0.6 is 11.6 Å². The number of pyridine rings is 1. The number of alkyl halides is 3. The number of hydrogen-bond acceptors (Lipinski definition) is 6. The maximum absolute atomic E-state index is 12.7. The van der Waals surface area contributed by atoms with Gasteiger partial charge >= 0.3 is 18.4 Å². The van der Waals surface area contributed by atoms with Gasteiger partial charge in [-0.25, -0.2) is 15.0 Å². The van der Waals surface area contributed by atoms with Crippen LogP contribution in [0.5, 0.6) is 0 Å². The molecule has 1 aromatic carbocycles. The summed E-state index contributed by atoms with van der Waals surface area (Å²) in [5.41, 5.74) is 4.67. The van der Waals surface area contributed by atoms with Crippen molar-refractivity contribution in [3.05, 3.63) is 53.2 Å². The number of halogens is 4. The van der Waals surface area contributed by atoms with Gasteiger partial charge in [0.2, 0.25) is 0 Å². The van der Waals surface area contributed by atoms with E-state index >= 15 is 0 Å². The van der Waals surface area contributed by atoms with E-state index in [1.807, 2.05) is 10.9 Å². The van der Waals surface area contributed by atoms with Gasteiger partial charge in [-0.2, -0.15) is 13.2 Å². The molecule has 1 fully saturated rings. The number of hydrazine groups is 1. The summed E-state index contributed by atoms with van der Waals surface area (Å²) in [4.78, 5) is 53.4. The van der Waals surface area contributed by atoms with Crippen molar-refractivity contribution in [1.82, 2.24) is 26.1 Å². The van der Waals surface area contributed by atoms with E-state index in [2.05, 4.69) is 15.0 Å². The number of carbonyl (C=O) groups is 4. The second-order valence-corrected chi connectivity index (χ2v) is 8.35. The molecule has 1 aliphatic rings. The number of amides is 4. The number of nitrogens with zero attached hydrogens (tertiary/aromatic N) is 2. The number of benzene rings is 1. The van der Waals surface area contributed by atoms with Crippen LogP contribution in [-0.4, -0.2) is 70.4 Å². The third-order valence-corrected chi connectivity index (χ3v) is 5.51. The molecule has 4 N–H and O–H groups in total. The Kier molecular flexibility index (Phi) is 8.76. The maximum Gasteiger partial charge on any atom is 0.426 e. The molecule has 0 aliphatic carbocycles. The highest BCUT2D eigenvalue weighted by atomic mass is 35.5. The highest BCUT2D eigenvalue weighted by Gasteiger charge is 2.37. The molecule has 1 aliphatic heterocycles. The lowest BCUT2D eigenvalue weighted by atomic mass is 9.97. The van der Waals surface area contributed by atoms with E-state index in [-0.39, 0.29) is 31.0 Å². The quantitative estimate of drug-likeness (QED) is 0.334. The maximum atomic E-state index is 12.7. The summed E-state index contributed by atoms with van der Waals surface area (Å²) < 4.78 is 40.5. The molecule has 15 heteroatoms. The van der Waals surface area contributed by atoms with Gasteiger partial charge in [0.05, 0.1) is 11.1 Å². The smallest absolute Gasteiger partial charge is 0.426 e. The number of rotatable bonds is 5. The lowest BCUT2D eigenvalue weighted by Gasteiger charge is -2.37. The molecule has 37 heavy (non-hydrogen) atoms. The molecule has 0 saturated carbocycles. The molecule has 0 spiro atoms. The zero-order valence-corrected chi connectivity index (χ0v) is 19.7. The van der Waals surface area contributed by atoms with Gasteiger partial charge in [0, 0.05) is 35.3 Å². The van der Waals surface area contributed by atoms with Crippen LogP contribution < -0.4 is 16.2 Å². The average Bonchev–Trinajstić information content (AvgIpc) is 2.84. The van der Waals surface area contributed by atoms with Crippen LogP contribution in [0.3, 0.4) is 0 Å². The fourth-order valence-corrected chi connectivity index (χ4v) is 3.76. The minimum absolute atomic E-state index is 0.0165. The number of carbonyl (C=O) groups excluding carboxylic acids is 3. The number of likely N-dealkylation sites (tertiary alicyclic amines) is 1. The normalized spacial score (nSPS) is 17.9. The van der Waals surface area contributed by atoms with E-state index in [0.717, 1.165) is 4.90 Å². The van der Waals surface area contributed by atoms with Gasteiger partial charge in [0.25, 0.3) is 11.8 Å². The van der Waals surface area contributed by atoms with E-state index in [4.69, 9.17) is 11.6 Å². The molecule has 3 rings (SSSR count). The van der Waals surface area contributed by atoms with Crippen LogP contribution in [0.4, 0.5) is 22.8 Å². The number of aromatic nitrogens is 1. The van der Waals surface area contributed by atoms with Crippen LogP contribution in [0, 0.1) is 0 Å². The largest absolute Gasteiger partial charge is 0.465 e. The van der Waals surface area contributed by atoms with E-state index in [0.29, 0.717) is 22.0 Å². The third-order valence-electron chi connectivity index (χ3n) is 5.28. The first kappa shape index (κ1) is 27.5. The minimum atomic E-state index is -4.56. The highest BCUT2D eigenvalue weighted by molar-refractivity contribution is 6.31. The Bertz CT molecular complexity index is 1220. The molecule has 1 aromatic heterocycles. The van der Waals surface area contributed by atoms with Gasteiger partial charge in [0.1, 0.15) is 12.6 Å². The summed E-state index contributed by atoms with van der Waals surface area (Å²) in [6.07, 6.45) is -5.16. The Labute approximate surface area is 212 Å². The van der Waals surface area contributed by atoms with Crippen molar-refractivity contribution in [2.75, 3.05) is 13.2 Å². The van der Waals surface area contributed by atoms with Crippen molar-refractivity contribution in [3.8, 4) is 0 Å². The van der Waals surface area contributed by atoms with Gasteiger partial charge in [0.15, 0.2) is 0 Å². The lowest BCUT2D eigenvalue weighted by molar-refractivity contribution is -0.128. The molecular weight excluding hydrogens is 523 g/mol. The average molecular weight is 544 g/mol. The van der Waals surface area contributed by atoms with Gasteiger partial charge in [-0.1, -0.05) is 17.7 Å². The molecule has 4 amide bonds. The monoisotopic (exact) mass is 543 g/mol. The molecule has 198 valence electrons. The van der Waals surface area contributed by atoms with Gasteiger partial charge < -0.3 is 15.2 Å². The first-order valence-corrected chi connectivity index (χ1v) is 11.1. The van der Waals surface area contributed by atoms with Crippen molar-refractivity contribution >= 4 is 46.5 Å². The first-order chi connectivity index (χ1) is 17.4. The molecular formula is C22H21ClF3N5O6. The topological polar surface area (TPSA) is 150 Å². The van der Waals surface area contributed by atoms with E-state index in [1.165, 1.54) is 6.20 Å². The summed E-state index contributed by atoms with van der Waals surface area (Å²) >= 11 is 5.93. The number of carboxylic acid groups (broad SMARTS) is 1. The standard InChI is InChI=1S/C22H21ClF3N5O6/c23-14-3-2-12-8-13(10-27-16(12)9-14)18(32)28-15-4-5-17(31(11-15)21(35)36)19(33)29-30-20(34)37-7-1-6-22(24,25)26/h1-3,6,8-10,15,17H,4-5,7,11H2,(H,28,32)(H,29,33)(H,30,34)(H,35,36)/b6-1+/t15-,17+/m0/s1. The van der Waals surface area contributed by atoms with Crippen molar-refractivity contribution in [2.24, 2.45) is 0 Å². The predicted molar refractivity (Wildman–Crippen MR) is 124 cm³/mol. The SMILES string of the molecule is O=C(NNC(=O)[C@H]1CC[C@H](NC(=O)c2cnc3cc(Cl)ccc3c2)CN1C(=O)O)OC/C=C/C(F)(F)F. The van der Waals surface area contributed by atoms with E-state index in [1.54, 1.807) is 24.3 Å². The van der Waals surface area contributed by atoms with Crippen LogP contribution in [-0.2, 0) is 9.53 Å². The molecule has 0 bridgehead atoms. The molecule has 2 atom stereocenters. The van der Waals surface area contributed by atoms with Crippen LogP contribution in [0.15, 0.2) is 42.6 Å². The second kappa shape index (κ2) is 11.8. The molecule has 1 saturated heterocycles. The highest BCUT2D eigenvalue weighted by Crippen LogP contribution is 2.21. The van der Waals surface area contributed by atoms with Crippen molar-refractivity contribution in [2.45, 2.75) is 31.1 Å². The Balaban J connectivity index is 1.53. The zero-order valence-electron chi connectivity index (χ0n) is 18.9. The summed E-state index contributed by atoms with van der Waals surface area (Å²) in [5, 5.41) is 13.5. The van der Waals surface area contributed by atoms with Crippen molar-refractivity contribution in [1.29, 1.82) is 0 Å². The second-order valence-electron chi connectivity index (χ2n) is 7.92. The Morgan fingerprint density at radius 2 is 1.95 bits per heavy atom. The Morgan fingerprint density at radius 3 is 2.65 bits per heavy atom. The minimum Gasteiger partial charge on any atom is -0.465 e. The number of allylic oxidation sites excluding steroid dienone is 1. The summed E-state index contributed by atoms with van der Waals surface area (Å²) in [7, 11) is 0. The molecule has 0 radical (unpaired) electrons. The Hall–Kier alpha value is -4.07. The van der Waals surface area contributed by atoms with Crippen LogP contribution in [0.2, 0.25) is 5.02 Å². The molecule has 0 unspecified atom stereocenters. The van der Waals surface area contributed by atoms with Crippen molar-refractivity contribution < 1.29 is 42.2 Å². The Morgan fingerprint density at radius 1 is 1.19 bits per heavy atom. The van der Waals surface area contributed by atoms with E-state index in [9.17, 15) is 37.5 Å². The first-order valence-electron chi connectivity index (χ1n) is 10.8. The van der Waals surface area contributed by atoms with Crippen LogP contribution in [0.25, 0.3) is 10.9 Å². The van der Waals surface area contributed by atoms with Gasteiger partial charge in [-0.05, 0) is 37.1 Å². The van der Waals surface area contributed by atoms with Gasteiger partial charge in [-0.3, -0.25) is 24.9 Å². The van der Waals surface area contributed by atoms with Crippen LogP contribution in [0.1, 0.15) is 23.2 Å².